The van der Waals surface area contributed by atoms with Gasteiger partial charge in [-0.15, -0.1) is 0 Å². The van der Waals surface area contributed by atoms with Gasteiger partial charge in [-0.2, -0.15) is 0 Å². The third-order valence-corrected chi connectivity index (χ3v) is 5.67. The molecule has 2 aliphatic heterocycles. The molecule has 2 N–H and O–H groups in total. The maximum Gasteiger partial charge on any atom is 0.317 e. The second-order valence-corrected chi connectivity index (χ2v) is 8.47. The summed E-state index contributed by atoms with van der Waals surface area (Å²) in [6.45, 7) is 10.5. The van der Waals surface area contributed by atoms with Crippen LogP contribution >= 0.6 is 0 Å². The maximum atomic E-state index is 13.4. The van der Waals surface area contributed by atoms with Crippen molar-refractivity contribution in [2.45, 2.75) is 39.7 Å². The van der Waals surface area contributed by atoms with E-state index >= 15 is 0 Å². The minimum absolute atomic E-state index is 0.0518. The van der Waals surface area contributed by atoms with Gasteiger partial charge in [0.2, 0.25) is 5.91 Å². The average molecular weight is 446 g/mol. The van der Waals surface area contributed by atoms with Crippen molar-refractivity contribution in [3.8, 4) is 0 Å². The molecule has 0 bridgehead atoms. The van der Waals surface area contributed by atoms with Crippen molar-refractivity contribution in [2.75, 3.05) is 62.7 Å². The van der Waals surface area contributed by atoms with Crippen LogP contribution in [0.4, 0.5) is 16.2 Å². The van der Waals surface area contributed by atoms with E-state index in [0.29, 0.717) is 63.6 Å². The highest BCUT2D eigenvalue weighted by atomic mass is 16.5. The van der Waals surface area contributed by atoms with Crippen molar-refractivity contribution in [1.82, 2.24) is 15.1 Å². The van der Waals surface area contributed by atoms with Gasteiger partial charge in [0.05, 0.1) is 18.8 Å². The van der Waals surface area contributed by atoms with E-state index in [2.05, 4.69) is 15.5 Å². The highest BCUT2D eigenvalue weighted by Gasteiger charge is 2.26. The first-order valence-electron chi connectivity index (χ1n) is 11.5. The Hall–Kier alpha value is -2.81. The van der Waals surface area contributed by atoms with Gasteiger partial charge in [0, 0.05) is 63.1 Å². The number of hydrogen-bond acceptors (Lipinski definition) is 5. The second-order valence-electron chi connectivity index (χ2n) is 8.47. The first-order valence-corrected chi connectivity index (χ1v) is 11.5. The summed E-state index contributed by atoms with van der Waals surface area (Å²) < 4.78 is 5.40. The van der Waals surface area contributed by atoms with Gasteiger partial charge in [0.25, 0.3) is 5.91 Å². The third-order valence-electron chi connectivity index (χ3n) is 5.67. The summed E-state index contributed by atoms with van der Waals surface area (Å²) in [6, 6.07) is 5.56. The van der Waals surface area contributed by atoms with Crippen molar-refractivity contribution < 1.29 is 19.1 Å². The Morgan fingerprint density at radius 2 is 1.75 bits per heavy atom. The van der Waals surface area contributed by atoms with E-state index in [1.54, 1.807) is 17.9 Å². The summed E-state index contributed by atoms with van der Waals surface area (Å²) in [7, 11) is 0. The number of carbonyl (C=O) groups is 3. The van der Waals surface area contributed by atoms with Crippen LogP contribution in [0.25, 0.3) is 0 Å². The van der Waals surface area contributed by atoms with Crippen LogP contribution < -0.4 is 15.5 Å². The fraction of sp³-hybridized carbons (Fsp3) is 0.609. The summed E-state index contributed by atoms with van der Waals surface area (Å²) in [5.74, 6) is -0.154. The molecule has 0 aromatic heterocycles. The van der Waals surface area contributed by atoms with Crippen molar-refractivity contribution in [3.63, 3.8) is 0 Å². The molecule has 2 aliphatic rings. The van der Waals surface area contributed by atoms with E-state index in [4.69, 9.17) is 4.74 Å². The Bertz CT molecular complexity index is 823. The lowest BCUT2D eigenvalue weighted by molar-refractivity contribution is -0.115. The number of ether oxygens (including phenoxy) is 1. The Labute approximate surface area is 190 Å². The van der Waals surface area contributed by atoms with E-state index in [9.17, 15) is 14.4 Å². The summed E-state index contributed by atoms with van der Waals surface area (Å²) in [5, 5.41) is 5.81. The number of nitrogens with one attached hydrogen (secondary N) is 2. The average Bonchev–Trinajstić information content (AvgIpc) is 3.05. The number of rotatable bonds is 5. The van der Waals surface area contributed by atoms with Crippen LogP contribution in [0.3, 0.4) is 0 Å². The molecule has 2 heterocycles. The third kappa shape index (κ3) is 6.12. The number of nitrogens with zero attached hydrogens (tertiary/aromatic N) is 3. The van der Waals surface area contributed by atoms with Gasteiger partial charge >= 0.3 is 6.03 Å². The lowest BCUT2D eigenvalue weighted by Crippen LogP contribution is -2.44. The molecule has 9 heteroatoms. The van der Waals surface area contributed by atoms with Crippen molar-refractivity contribution in [1.29, 1.82) is 0 Å². The minimum Gasteiger partial charge on any atom is -0.378 e. The van der Waals surface area contributed by atoms with Gasteiger partial charge in [0.1, 0.15) is 0 Å². The van der Waals surface area contributed by atoms with Gasteiger partial charge in [-0.3, -0.25) is 9.59 Å². The molecular formula is C23H35N5O4. The quantitative estimate of drug-likeness (QED) is 0.724. The largest absolute Gasteiger partial charge is 0.378 e. The molecule has 0 saturated carbocycles. The van der Waals surface area contributed by atoms with Gasteiger partial charge in [0.15, 0.2) is 0 Å². The van der Waals surface area contributed by atoms with Crippen LogP contribution in [0.15, 0.2) is 18.2 Å². The fourth-order valence-corrected chi connectivity index (χ4v) is 3.95. The molecule has 3 rings (SSSR count). The molecule has 0 aliphatic carbocycles. The topological polar surface area (TPSA) is 94.2 Å². The summed E-state index contributed by atoms with van der Waals surface area (Å²) in [6.07, 6.45) is 1.18. The predicted octanol–water partition coefficient (Wildman–Crippen LogP) is 2.14. The van der Waals surface area contributed by atoms with Crippen LogP contribution in [0.1, 0.15) is 44.0 Å². The zero-order valence-corrected chi connectivity index (χ0v) is 19.4. The lowest BCUT2D eigenvalue weighted by atomic mass is 10.1. The number of urea groups is 1. The fourth-order valence-electron chi connectivity index (χ4n) is 3.95. The molecule has 0 spiro atoms. The van der Waals surface area contributed by atoms with Gasteiger partial charge in [-0.1, -0.05) is 6.92 Å². The molecule has 2 saturated heterocycles. The molecule has 1 aromatic rings. The van der Waals surface area contributed by atoms with Crippen LogP contribution in [0, 0.1) is 0 Å². The van der Waals surface area contributed by atoms with E-state index in [-0.39, 0.29) is 23.9 Å². The van der Waals surface area contributed by atoms with Gasteiger partial charge < -0.3 is 30.1 Å². The zero-order valence-electron chi connectivity index (χ0n) is 19.4. The number of morpholine rings is 1. The summed E-state index contributed by atoms with van der Waals surface area (Å²) in [5.41, 5.74) is 2.02. The Balaban J connectivity index is 1.83. The second kappa shape index (κ2) is 11.2. The smallest absolute Gasteiger partial charge is 0.317 e. The Kier molecular flexibility index (Phi) is 8.33. The number of amides is 4. The Morgan fingerprint density at radius 1 is 1.00 bits per heavy atom. The number of benzene rings is 1. The first-order chi connectivity index (χ1) is 15.4. The molecule has 2 fully saturated rings. The van der Waals surface area contributed by atoms with Crippen molar-refractivity contribution in [2.24, 2.45) is 0 Å². The maximum absolute atomic E-state index is 13.4. The monoisotopic (exact) mass is 445 g/mol. The molecule has 0 unspecified atom stereocenters. The number of carbonyl (C=O) groups excluding carboxylic acids is 3. The molecule has 32 heavy (non-hydrogen) atoms. The summed E-state index contributed by atoms with van der Waals surface area (Å²) >= 11 is 0. The lowest BCUT2D eigenvalue weighted by Gasteiger charge is -2.30. The van der Waals surface area contributed by atoms with Crippen molar-refractivity contribution >= 4 is 29.2 Å². The van der Waals surface area contributed by atoms with Crippen LogP contribution in [-0.4, -0.2) is 86.2 Å². The van der Waals surface area contributed by atoms with Crippen molar-refractivity contribution in [3.05, 3.63) is 23.8 Å². The van der Waals surface area contributed by atoms with E-state index in [0.717, 1.165) is 18.7 Å². The standard InChI is InChI=1S/C23H35N5O4/c1-4-21(29)25-18-6-7-20(19(16-18)22(30)27-12-14-32-15-13-27)26-8-5-9-28(11-10-26)23(31)24-17(2)3/h6-7,16-17H,4-5,8-15H2,1-3H3,(H,24,31)(H,25,29). The van der Waals surface area contributed by atoms with E-state index < -0.39 is 0 Å². The van der Waals surface area contributed by atoms with Crippen LogP contribution in [0.2, 0.25) is 0 Å². The molecular weight excluding hydrogens is 410 g/mol. The summed E-state index contributed by atoms with van der Waals surface area (Å²) in [4.78, 5) is 43.5. The normalized spacial score (nSPS) is 17.2. The van der Waals surface area contributed by atoms with E-state index in [1.165, 1.54) is 0 Å². The van der Waals surface area contributed by atoms with E-state index in [1.807, 2.05) is 30.9 Å². The SMILES string of the molecule is CCC(=O)Nc1ccc(N2CCCN(C(=O)NC(C)C)CC2)c(C(=O)N2CCOCC2)c1. The molecule has 4 amide bonds. The van der Waals surface area contributed by atoms with Crippen LogP contribution in [-0.2, 0) is 9.53 Å². The Morgan fingerprint density at radius 3 is 2.44 bits per heavy atom. The number of hydrogen-bond donors (Lipinski definition) is 2. The van der Waals surface area contributed by atoms with Gasteiger partial charge in [-0.05, 0) is 38.5 Å². The minimum atomic E-state index is -0.0934. The molecule has 0 radical (unpaired) electrons. The first kappa shape index (κ1) is 23.8. The predicted molar refractivity (Wildman–Crippen MR) is 124 cm³/mol. The van der Waals surface area contributed by atoms with Gasteiger partial charge in [-0.25, -0.2) is 4.79 Å². The molecule has 176 valence electrons. The molecule has 1 aromatic carbocycles. The van der Waals surface area contributed by atoms with Crippen LogP contribution in [0.5, 0.6) is 0 Å². The molecule has 0 atom stereocenters. The number of anilines is 2. The highest BCUT2D eigenvalue weighted by Crippen LogP contribution is 2.27. The molecule has 9 nitrogen and oxygen atoms in total. The highest BCUT2D eigenvalue weighted by molar-refractivity contribution is 6.02. The zero-order chi connectivity index (χ0) is 23.1.